The first-order valence-electron chi connectivity index (χ1n) is 8.20. The van der Waals surface area contributed by atoms with Gasteiger partial charge in [-0.1, -0.05) is 29.8 Å². The van der Waals surface area contributed by atoms with E-state index in [-0.39, 0.29) is 24.7 Å². The quantitative estimate of drug-likeness (QED) is 0.797. The molecular formula is C17H25ClF3N3O. The molecule has 1 aliphatic heterocycles. The summed E-state index contributed by atoms with van der Waals surface area (Å²) in [6.07, 6.45) is -3.63. The van der Waals surface area contributed by atoms with E-state index in [2.05, 4.69) is 10.6 Å². The number of hydrogen-bond acceptors (Lipinski definition) is 3. The number of nitrogens with one attached hydrogen (secondary N) is 2. The van der Waals surface area contributed by atoms with Gasteiger partial charge >= 0.3 is 6.18 Å². The minimum Gasteiger partial charge on any atom is -0.354 e. The number of carbonyl (C=O) groups excluding carboxylic acids is 1. The van der Waals surface area contributed by atoms with Crippen LogP contribution in [0.2, 0.25) is 0 Å². The average molecular weight is 380 g/mol. The summed E-state index contributed by atoms with van der Waals surface area (Å²) in [5.74, 6) is -0.347. The highest BCUT2D eigenvalue weighted by Crippen LogP contribution is 2.24. The molecular weight excluding hydrogens is 355 g/mol. The molecule has 2 N–H and O–H groups in total. The van der Waals surface area contributed by atoms with Crippen LogP contribution < -0.4 is 10.6 Å². The number of aryl methyl sites for hydroxylation is 2. The van der Waals surface area contributed by atoms with E-state index in [0.29, 0.717) is 32.6 Å². The van der Waals surface area contributed by atoms with Gasteiger partial charge in [0, 0.05) is 39.1 Å². The summed E-state index contributed by atoms with van der Waals surface area (Å²) in [4.78, 5) is 13.3. The van der Waals surface area contributed by atoms with E-state index in [1.54, 1.807) is 0 Å². The first kappa shape index (κ1) is 21.7. The number of halogens is 4. The third-order valence-electron chi connectivity index (χ3n) is 4.22. The summed E-state index contributed by atoms with van der Waals surface area (Å²) in [6, 6.07) is 6.15. The smallest absolute Gasteiger partial charge is 0.354 e. The van der Waals surface area contributed by atoms with Gasteiger partial charge in [-0.15, -0.1) is 12.4 Å². The lowest BCUT2D eigenvalue weighted by atomic mass is 10.1. The van der Waals surface area contributed by atoms with Crippen LogP contribution >= 0.6 is 12.4 Å². The number of hydrogen-bond donors (Lipinski definition) is 2. The molecule has 2 rings (SSSR count). The summed E-state index contributed by atoms with van der Waals surface area (Å²) >= 11 is 0. The van der Waals surface area contributed by atoms with Crippen molar-refractivity contribution in [2.24, 2.45) is 0 Å². The minimum absolute atomic E-state index is 0. The van der Waals surface area contributed by atoms with Gasteiger partial charge < -0.3 is 10.6 Å². The molecule has 1 saturated heterocycles. The summed E-state index contributed by atoms with van der Waals surface area (Å²) in [5.41, 5.74) is 2.14. The Labute approximate surface area is 152 Å². The van der Waals surface area contributed by atoms with E-state index >= 15 is 0 Å². The van der Waals surface area contributed by atoms with Gasteiger partial charge in [0.25, 0.3) is 0 Å². The summed E-state index contributed by atoms with van der Waals surface area (Å²) in [6.45, 7) is 3.33. The van der Waals surface area contributed by atoms with Crippen molar-refractivity contribution in [3.8, 4) is 0 Å². The van der Waals surface area contributed by atoms with E-state index in [9.17, 15) is 18.0 Å². The van der Waals surface area contributed by atoms with Crippen molar-refractivity contribution in [1.29, 1.82) is 0 Å². The van der Waals surface area contributed by atoms with Crippen LogP contribution in [-0.4, -0.2) is 55.7 Å². The highest BCUT2D eigenvalue weighted by Gasteiger charge is 2.43. The molecule has 0 aromatic heterocycles. The van der Waals surface area contributed by atoms with Crippen molar-refractivity contribution in [3.63, 3.8) is 0 Å². The lowest BCUT2D eigenvalue weighted by Gasteiger charge is -2.35. The number of piperazine rings is 1. The maximum absolute atomic E-state index is 13.2. The molecule has 0 radical (unpaired) electrons. The number of carbonyl (C=O) groups is 1. The van der Waals surface area contributed by atoms with Gasteiger partial charge in [-0.3, -0.25) is 9.69 Å². The second-order valence-electron chi connectivity index (χ2n) is 6.13. The van der Waals surface area contributed by atoms with Crippen LogP contribution in [0.3, 0.4) is 0 Å². The SMILES string of the molecule is Cc1ccc(CCC(=O)NCC(N2CCNCC2)C(F)(F)F)cc1.Cl. The van der Waals surface area contributed by atoms with E-state index in [1.807, 2.05) is 31.2 Å². The predicted molar refractivity (Wildman–Crippen MR) is 94.0 cm³/mol. The standard InChI is InChI=1S/C17H24F3N3O.ClH/c1-13-2-4-14(5-3-13)6-7-16(24)22-12-15(17(18,19)20)23-10-8-21-9-11-23;/h2-5,15,21H,6-12H2,1H3,(H,22,24);1H. The molecule has 1 aromatic carbocycles. The van der Waals surface area contributed by atoms with Crippen LogP contribution in [0.5, 0.6) is 0 Å². The van der Waals surface area contributed by atoms with E-state index in [0.717, 1.165) is 11.1 Å². The second-order valence-corrected chi connectivity index (χ2v) is 6.13. The highest BCUT2D eigenvalue weighted by atomic mass is 35.5. The molecule has 8 heteroatoms. The van der Waals surface area contributed by atoms with Crippen molar-refractivity contribution in [2.45, 2.75) is 32.0 Å². The van der Waals surface area contributed by atoms with Crippen molar-refractivity contribution < 1.29 is 18.0 Å². The largest absolute Gasteiger partial charge is 0.405 e. The monoisotopic (exact) mass is 379 g/mol. The number of amides is 1. The molecule has 1 amide bonds. The molecule has 0 bridgehead atoms. The Balaban J connectivity index is 0.00000312. The van der Waals surface area contributed by atoms with Gasteiger partial charge in [0.2, 0.25) is 5.91 Å². The molecule has 1 atom stereocenters. The van der Waals surface area contributed by atoms with Crippen molar-refractivity contribution in [1.82, 2.24) is 15.5 Å². The zero-order chi connectivity index (χ0) is 17.6. The van der Waals surface area contributed by atoms with Crippen LogP contribution in [0.25, 0.3) is 0 Å². The van der Waals surface area contributed by atoms with Gasteiger partial charge in [-0.25, -0.2) is 0 Å². The molecule has 1 heterocycles. The lowest BCUT2D eigenvalue weighted by Crippen LogP contribution is -2.57. The third-order valence-corrected chi connectivity index (χ3v) is 4.22. The Morgan fingerprint density at radius 2 is 1.84 bits per heavy atom. The predicted octanol–water partition coefficient (Wildman–Crippen LogP) is 2.30. The van der Waals surface area contributed by atoms with Gasteiger partial charge in [0.05, 0.1) is 0 Å². The molecule has 142 valence electrons. The Kier molecular flexibility index (Phi) is 8.68. The Morgan fingerprint density at radius 3 is 2.40 bits per heavy atom. The van der Waals surface area contributed by atoms with Crippen LogP contribution in [0, 0.1) is 6.92 Å². The Bertz CT molecular complexity index is 531. The zero-order valence-corrected chi connectivity index (χ0v) is 15.1. The van der Waals surface area contributed by atoms with Gasteiger partial charge in [-0.2, -0.15) is 13.2 Å². The van der Waals surface area contributed by atoms with E-state index in [4.69, 9.17) is 0 Å². The van der Waals surface area contributed by atoms with Crippen LogP contribution in [0.15, 0.2) is 24.3 Å². The fourth-order valence-electron chi connectivity index (χ4n) is 2.76. The highest BCUT2D eigenvalue weighted by molar-refractivity contribution is 5.85. The summed E-state index contributed by atoms with van der Waals surface area (Å²) in [5, 5.41) is 5.48. The summed E-state index contributed by atoms with van der Waals surface area (Å²) < 4.78 is 39.7. The minimum atomic E-state index is -4.35. The molecule has 1 aliphatic rings. The molecule has 0 aliphatic carbocycles. The first-order valence-corrected chi connectivity index (χ1v) is 8.20. The maximum Gasteiger partial charge on any atom is 0.405 e. The van der Waals surface area contributed by atoms with E-state index < -0.39 is 18.8 Å². The van der Waals surface area contributed by atoms with Crippen LogP contribution in [0.4, 0.5) is 13.2 Å². The van der Waals surface area contributed by atoms with Gasteiger partial charge in [0.1, 0.15) is 6.04 Å². The molecule has 0 saturated carbocycles. The van der Waals surface area contributed by atoms with Gasteiger partial charge in [-0.05, 0) is 18.9 Å². The summed E-state index contributed by atoms with van der Waals surface area (Å²) in [7, 11) is 0. The van der Waals surface area contributed by atoms with Crippen molar-refractivity contribution >= 4 is 18.3 Å². The van der Waals surface area contributed by atoms with Crippen molar-refractivity contribution in [3.05, 3.63) is 35.4 Å². The molecule has 0 spiro atoms. The fraction of sp³-hybridized carbons (Fsp3) is 0.588. The average Bonchev–Trinajstić information content (AvgIpc) is 2.54. The van der Waals surface area contributed by atoms with Crippen LogP contribution in [-0.2, 0) is 11.2 Å². The van der Waals surface area contributed by atoms with Crippen LogP contribution in [0.1, 0.15) is 17.5 Å². The normalized spacial score (nSPS) is 16.8. The Morgan fingerprint density at radius 1 is 1.24 bits per heavy atom. The maximum atomic E-state index is 13.2. The second kappa shape index (κ2) is 9.99. The first-order chi connectivity index (χ1) is 11.4. The number of alkyl halides is 3. The number of nitrogens with zero attached hydrogens (tertiary/aromatic N) is 1. The van der Waals surface area contributed by atoms with Crippen molar-refractivity contribution in [2.75, 3.05) is 32.7 Å². The zero-order valence-electron chi connectivity index (χ0n) is 14.2. The lowest BCUT2D eigenvalue weighted by molar-refractivity contribution is -0.184. The molecule has 4 nitrogen and oxygen atoms in total. The van der Waals surface area contributed by atoms with Gasteiger partial charge in [0.15, 0.2) is 0 Å². The third kappa shape index (κ3) is 7.22. The fourth-order valence-corrected chi connectivity index (χ4v) is 2.76. The molecule has 25 heavy (non-hydrogen) atoms. The molecule has 1 fully saturated rings. The number of rotatable bonds is 6. The van der Waals surface area contributed by atoms with E-state index in [1.165, 1.54) is 4.90 Å². The number of benzene rings is 1. The molecule has 1 aromatic rings. The topological polar surface area (TPSA) is 44.4 Å². The Hall–Kier alpha value is -1.31. The molecule has 1 unspecified atom stereocenters.